The van der Waals surface area contributed by atoms with Crippen molar-refractivity contribution in [2.24, 2.45) is 5.41 Å². The molecule has 1 saturated heterocycles. The Morgan fingerprint density at radius 2 is 1.58 bits per heavy atom. The Bertz CT molecular complexity index is 590. The molecular weight excluding hydrogens is 306 g/mol. The molecule has 1 aromatic carbocycles. The molecule has 0 atom stereocenters. The number of carbonyl (C=O) groups excluding carboxylic acids is 2. The maximum atomic E-state index is 12.6. The van der Waals surface area contributed by atoms with Crippen LogP contribution in [0.25, 0.3) is 0 Å². The highest BCUT2D eigenvalue weighted by molar-refractivity contribution is 6.06. The molecule has 130 valence electrons. The Balaban J connectivity index is 1.49. The highest BCUT2D eigenvalue weighted by atomic mass is 16.5. The highest BCUT2D eigenvalue weighted by Crippen LogP contribution is 2.46. The zero-order valence-corrected chi connectivity index (χ0v) is 14.3. The van der Waals surface area contributed by atoms with Gasteiger partial charge in [-0.15, -0.1) is 0 Å². The molecule has 24 heavy (non-hydrogen) atoms. The van der Waals surface area contributed by atoms with Gasteiger partial charge >= 0.3 is 0 Å². The molecule has 1 aliphatic heterocycles. The SMILES string of the molecule is CCCOc1ccc(OCCN2C(=O)CC3(CCCC3)C2=O)cc1. The largest absolute Gasteiger partial charge is 0.494 e. The number of rotatable bonds is 7. The summed E-state index contributed by atoms with van der Waals surface area (Å²) in [4.78, 5) is 26.1. The summed E-state index contributed by atoms with van der Waals surface area (Å²) in [6.07, 6.45) is 5.17. The van der Waals surface area contributed by atoms with Gasteiger partial charge in [-0.25, -0.2) is 0 Å². The number of hydrogen-bond acceptors (Lipinski definition) is 4. The van der Waals surface area contributed by atoms with Crippen LogP contribution in [0, 0.1) is 5.41 Å². The maximum absolute atomic E-state index is 12.6. The van der Waals surface area contributed by atoms with Crippen LogP contribution in [0.3, 0.4) is 0 Å². The van der Waals surface area contributed by atoms with E-state index in [2.05, 4.69) is 6.92 Å². The Morgan fingerprint density at radius 3 is 2.17 bits per heavy atom. The van der Waals surface area contributed by atoms with Crippen LogP contribution >= 0.6 is 0 Å². The van der Waals surface area contributed by atoms with Crippen LogP contribution in [0.1, 0.15) is 45.4 Å². The minimum Gasteiger partial charge on any atom is -0.494 e. The minimum absolute atomic E-state index is 0.0110. The Labute approximate surface area is 142 Å². The summed E-state index contributed by atoms with van der Waals surface area (Å²) in [5.41, 5.74) is -0.394. The van der Waals surface area contributed by atoms with Gasteiger partial charge in [0.05, 0.1) is 18.6 Å². The normalized spacial score (nSPS) is 19.3. The van der Waals surface area contributed by atoms with Crippen LogP contribution in [0.4, 0.5) is 0 Å². The second kappa shape index (κ2) is 7.24. The first-order valence-corrected chi connectivity index (χ1v) is 8.85. The van der Waals surface area contributed by atoms with Gasteiger partial charge in [-0.3, -0.25) is 14.5 Å². The van der Waals surface area contributed by atoms with E-state index in [1.54, 1.807) is 0 Å². The van der Waals surface area contributed by atoms with E-state index in [0.717, 1.165) is 37.9 Å². The van der Waals surface area contributed by atoms with E-state index in [1.807, 2.05) is 24.3 Å². The average Bonchev–Trinajstić information content (AvgIpc) is 3.15. The summed E-state index contributed by atoms with van der Waals surface area (Å²) in [6, 6.07) is 7.42. The lowest BCUT2D eigenvalue weighted by molar-refractivity contribution is -0.141. The summed E-state index contributed by atoms with van der Waals surface area (Å²) < 4.78 is 11.2. The first kappa shape index (κ1) is 16.8. The van der Waals surface area contributed by atoms with Gasteiger partial charge < -0.3 is 9.47 Å². The smallest absolute Gasteiger partial charge is 0.236 e. The second-order valence-corrected chi connectivity index (χ2v) is 6.68. The fourth-order valence-corrected chi connectivity index (χ4v) is 3.64. The van der Waals surface area contributed by atoms with Crippen LogP contribution in [0.5, 0.6) is 11.5 Å². The van der Waals surface area contributed by atoms with E-state index in [4.69, 9.17) is 9.47 Å². The monoisotopic (exact) mass is 331 g/mol. The number of ether oxygens (including phenoxy) is 2. The third kappa shape index (κ3) is 3.40. The van der Waals surface area contributed by atoms with E-state index < -0.39 is 5.41 Å². The molecule has 1 spiro atoms. The molecule has 3 rings (SSSR count). The van der Waals surface area contributed by atoms with Gasteiger partial charge in [-0.05, 0) is 43.5 Å². The molecule has 2 amide bonds. The third-order valence-electron chi connectivity index (χ3n) is 4.93. The second-order valence-electron chi connectivity index (χ2n) is 6.68. The summed E-state index contributed by atoms with van der Waals surface area (Å²) in [5, 5.41) is 0. The van der Waals surface area contributed by atoms with Gasteiger partial charge in [0.1, 0.15) is 18.1 Å². The molecule has 0 radical (unpaired) electrons. The quantitative estimate of drug-likeness (QED) is 0.720. The summed E-state index contributed by atoms with van der Waals surface area (Å²) in [6.45, 7) is 3.41. The molecule has 1 aromatic rings. The molecule has 0 bridgehead atoms. The number of hydrogen-bond donors (Lipinski definition) is 0. The van der Waals surface area contributed by atoms with Gasteiger partial charge in [0.25, 0.3) is 0 Å². The van der Waals surface area contributed by atoms with E-state index in [-0.39, 0.29) is 11.8 Å². The van der Waals surface area contributed by atoms with Crippen molar-refractivity contribution in [2.75, 3.05) is 19.8 Å². The maximum Gasteiger partial charge on any atom is 0.236 e. The average molecular weight is 331 g/mol. The number of nitrogens with zero attached hydrogens (tertiary/aromatic N) is 1. The van der Waals surface area contributed by atoms with Gasteiger partial charge in [-0.2, -0.15) is 0 Å². The zero-order chi connectivity index (χ0) is 17.0. The van der Waals surface area contributed by atoms with Crippen LogP contribution in [-0.4, -0.2) is 36.5 Å². The van der Waals surface area contributed by atoms with Crippen LogP contribution < -0.4 is 9.47 Å². The van der Waals surface area contributed by atoms with E-state index in [1.165, 1.54) is 4.90 Å². The van der Waals surface area contributed by atoms with Crippen LogP contribution in [-0.2, 0) is 9.59 Å². The summed E-state index contributed by atoms with van der Waals surface area (Å²) in [5.74, 6) is 1.50. The molecule has 1 aliphatic carbocycles. The lowest BCUT2D eigenvalue weighted by Crippen LogP contribution is -2.37. The number of imide groups is 1. The molecule has 1 saturated carbocycles. The van der Waals surface area contributed by atoms with Crippen LogP contribution in [0.15, 0.2) is 24.3 Å². The Morgan fingerprint density at radius 1 is 1.00 bits per heavy atom. The lowest BCUT2D eigenvalue weighted by atomic mass is 9.84. The Hall–Kier alpha value is -2.04. The van der Waals surface area contributed by atoms with Crippen LogP contribution in [0.2, 0.25) is 0 Å². The summed E-state index contributed by atoms with van der Waals surface area (Å²) >= 11 is 0. The fraction of sp³-hybridized carbons (Fsp3) is 0.579. The van der Waals surface area contributed by atoms with Crippen molar-refractivity contribution < 1.29 is 19.1 Å². The zero-order valence-electron chi connectivity index (χ0n) is 14.3. The van der Waals surface area contributed by atoms with Gasteiger partial charge in [0.15, 0.2) is 0 Å². The molecule has 2 fully saturated rings. The molecule has 5 heteroatoms. The minimum atomic E-state index is -0.394. The molecule has 0 aromatic heterocycles. The fourth-order valence-electron chi connectivity index (χ4n) is 3.64. The van der Waals surface area contributed by atoms with Crippen molar-refractivity contribution in [3.63, 3.8) is 0 Å². The van der Waals surface area contributed by atoms with E-state index >= 15 is 0 Å². The predicted molar refractivity (Wildman–Crippen MR) is 90.0 cm³/mol. The molecule has 5 nitrogen and oxygen atoms in total. The van der Waals surface area contributed by atoms with E-state index in [9.17, 15) is 9.59 Å². The van der Waals surface area contributed by atoms with Gasteiger partial charge in [0, 0.05) is 6.42 Å². The first-order chi connectivity index (χ1) is 11.6. The van der Waals surface area contributed by atoms with Crippen molar-refractivity contribution in [3.05, 3.63) is 24.3 Å². The number of amides is 2. The predicted octanol–water partition coefficient (Wildman–Crippen LogP) is 3.17. The number of carbonyl (C=O) groups is 2. The molecule has 0 unspecified atom stereocenters. The van der Waals surface area contributed by atoms with Crippen molar-refractivity contribution in [2.45, 2.75) is 45.4 Å². The van der Waals surface area contributed by atoms with Crippen molar-refractivity contribution in [1.29, 1.82) is 0 Å². The Kier molecular flexibility index (Phi) is 5.07. The number of likely N-dealkylation sites (tertiary alicyclic amines) is 1. The molecular formula is C19H25NO4. The topological polar surface area (TPSA) is 55.8 Å². The lowest BCUT2D eigenvalue weighted by Gasteiger charge is -2.21. The number of benzene rings is 1. The standard InChI is InChI=1S/C19H25NO4/c1-2-12-23-15-5-7-16(8-6-15)24-13-11-20-17(21)14-19(18(20)22)9-3-4-10-19/h5-8H,2-4,9-14H2,1H3. The third-order valence-corrected chi connectivity index (χ3v) is 4.93. The van der Waals surface area contributed by atoms with Crippen molar-refractivity contribution in [3.8, 4) is 11.5 Å². The van der Waals surface area contributed by atoms with E-state index in [0.29, 0.717) is 31.9 Å². The van der Waals surface area contributed by atoms with Gasteiger partial charge in [-0.1, -0.05) is 19.8 Å². The van der Waals surface area contributed by atoms with Gasteiger partial charge in [0.2, 0.25) is 11.8 Å². The highest BCUT2D eigenvalue weighted by Gasteiger charge is 2.52. The van der Waals surface area contributed by atoms with Crippen molar-refractivity contribution in [1.82, 2.24) is 4.90 Å². The molecule has 1 heterocycles. The molecule has 2 aliphatic rings. The summed E-state index contributed by atoms with van der Waals surface area (Å²) in [7, 11) is 0. The van der Waals surface area contributed by atoms with Crippen molar-refractivity contribution >= 4 is 11.8 Å². The molecule has 0 N–H and O–H groups in total. The first-order valence-electron chi connectivity index (χ1n) is 8.85.